The molecule has 216 valence electrons. The number of carbonyl (C=O) groups is 2. The third-order valence-electron chi connectivity index (χ3n) is 9.27. The Morgan fingerprint density at radius 1 is 0.923 bits per heavy atom. The summed E-state index contributed by atoms with van der Waals surface area (Å²) in [5, 5.41) is 0. The van der Waals surface area contributed by atoms with Gasteiger partial charge in [0.25, 0.3) is 0 Å². The summed E-state index contributed by atoms with van der Waals surface area (Å²) in [7, 11) is 0. The molecule has 4 unspecified atom stereocenters. The van der Waals surface area contributed by atoms with Crippen molar-refractivity contribution in [1.82, 2.24) is 0 Å². The van der Waals surface area contributed by atoms with Crippen molar-refractivity contribution in [2.75, 3.05) is 24.7 Å². The van der Waals surface area contributed by atoms with Crippen LogP contribution >= 0.6 is 11.8 Å². The summed E-state index contributed by atoms with van der Waals surface area (Å²) < 4.78 is 10.7. The first-order valence-electron chi connectivity index (χ1n) is 15.1. The van der Waals surface area contributed by atoms with E-state index in [0.29, 0.717) is 26.1 Å². The molecule has 4 atom stereocenters. The molecule has 0 aliphatic carbocycles. The van der Waals surface area contributed by atoms with Gasteiger partial charge < -0.3 is 9.47 Å². The van der Waals surface area contributed by atoms with E-state index >= 15 is 0 Å². The summed E-state index contributed by atoms with van der Waals surface area (Å²) in [6.07, 6.45) is 16.7. The van der Waals surface area contributed by atoms with Gasteiger partial charge in [-0.05, 0) is 73.3 Å². The minimum atomic E-state index is -0.0554. The minimum Gasteiger partial charge on any atom is -0.465 e. The highest BCUT2D eigenvalue weighted by Crippen LogP contribution is 2.46. The van der Waals surface area contributed by atoms with E-state index in [2.05, 4.69) is 88.0 Å². The average Bonchev–Trinajstić information content (AvgIpc) is 3.59. The van der Waals surface area contributed by atoms with E-state index in [9.17, 15) is 9.59 Å². The second-order valence-corrected chi connectivity index (χ2v) is 13.0. The van der Waals surface area contributed by atoms with E-state index in [1.165, 1.54) is 41.9 Å². The number of esters is 2. The summed E-state index contributed by atoms with van der Waals surface area (Å²) in [6, 6.07) is 10.7. The van der Waals surface area contributed by atoms with Crippen LogP contribution in [0.2, 0.25) is 0 Å². The van der Waals surface area contributed by atoms with E-state index in [1.54, 1.807) is 0 Å². The van der Waals surface area contributed by atoms with Crippen LogP contribution in [0.4, 0.5) is 0 Å². The van der Waals surface area contributed by atoms with Crippen molar-refractivity contribution in [3.05, 3.63) is 59.7 Å². The summed E-state index contributed by atoms with van der Waals surface area (Å²) >= 11 is 2.07. The van der Waals surface area contributed by atoms with E-state index in [1.807, 2.05) is 0 Å². The van der Waals surface area contributed by atoms with Crippen LogP contribution in [0, 0.1) is 17.3 Å². The largest absolute Gasteiger partial charge is 0.465 e. The van der Waals surface area contributed by atoms with E-state index < -0.39 is 0 Å². The average molecular weight is 555 g/mol. The van der Waals surface area contributed by atoms with Gasteiger partial charge in [0.2, 0.25) is 0 Å². The normalized spacial score (nSPS) is 23.0. The topological polar surface area (TPSA) is 52.6 Å². The van der Waals surface area contributed by atoms with Crippen LogP contribution in [0.1, 0.15) is 97.5 Å². The number of rotatable bonds is 17. The molecular weight excluding hydrogens is 504 g/mol. The molecule has 0 amide bonds. The summed E-state index contributed by atoms with van der Waals surface area (Å²) in [6.45, 7) is 10.1. The molecule has 4 nitrogen and oxygen atoms in total. The third kappa shape index (κ3) is 8.74. The molecule has 2 heterocycles. The van der Waals surface area contributed by atoms with Gasteiger partial charge in [0, 0.05) is 11.8 Å². The second kappa shape index (κ2) is 15.7. The van der Waals surface area contributed by atoms with Crippen LogP contribution in [-0.2, 0) is 24.5 Å². The lowest BCUT2D eigenvalue weighted by Gasteiger charge is -2.37. The van der Waals surface area contributed by atoms with Gasteiger partial charge in [0.05, 0.1) is 26.1 Å². The number of ether oxygens (including phenoxy) is 2. The molecule has 0 aromatic heterocycles. The zero-order valence-corrected chi connectivity index (χ0v) is 25.5. The predicted octanol–water partition coefficient (Wildman–Crippen LogP) is 8.45. The molecule has 0 radical (unpaired) electrons. The van der Waals surface area contributed by atoms with Crippen molar-refractivity contribution in [1.29, 1.82) is 0 Å². The Labute approximate surface area is 241 Å². The molecule has 1 aromatic carbocycles. The van der Waals surface area contributed by atoms with Gasteiger partial charge in [-0.1, -0.05) is 87.7 Å². The van der Waals surface area contributed by atoms with Gasteiger partial charge in [-0.15, -0.1) is 0 Å². The van der Waals surface area contributed by atoms with Crippen LogP contribution < -0.4 is 0 Å². The predicted molar refractivity (Wildman–Crippen MR) is 163 cm³/mol. The molecule has 0 N–H and O–H groups in total. The first-order valence-corrected chi connectivity index (χ1v) is 16.2. The number of cyclic esters (lactones) is 2. The Bertz CT molecular complexity index is 971. The summed E-state index contributed by atoms with van der Waals surface area (Å²) in [5.74, 6) is 2.81. The van der Waals surface area contributed by atoms with Gasteiger partial charge in [-0.3, -0.25) is 9.59 Å². The Hall–Kier alpha value is -2.01. The number of unbranched alkanes of at least 4 members (excludes halogenated alkanes) is 2. The highest BCUT2D eigenvalue weighted by Gasteiger charge is 2.42. The fourth-order valence-corrected chi connectivity index (χ4v) is 7.52. The first kappa shape index (κ1) is 31.5. The maximum Gasteiger partial charge on any atom is 0.306 e. The minimum absolute atomic E-state index is 0.0225. The molecule has 5 heteroatoms. The standard InChI is InChI=1S/C34H50O4S/c1-5-7-9-16-27(6-2)33(3,29-23-31(35)37-25-29)19-12-14-21-39-22-15-13-20-34(4,28-17-10-8-11-18-28)30-24-32(36)38-26-30/h5,7-8,10-11,16-18,29-30H,6,9,12-15,19-26H2,1-4H3/b7-5-,27-16+. The number of benzene rings is 1. The van der Waals surface area contributed by atoms with Crippen LogP contribution in [-0.4, -0.2) is 36.7 Å². The molecule has 39 heavy (non-hydrogen) atoms. The molecule has 2 aliphatic rings. The molecule has 0 saturated carbocycles. The molecule has 2 fully saturated rings. The maximum atomic E-state index is 11.9. The molecule has 1 aromatic rings. The van der Waals surface area contributed by atoms with Gasteiger partial charge in [0.15, 0.2) is 0 Å². The number of hydrogen-bond donors (Lipinski definition) is 0. The van der Waals surface area contributed by atoms with Crippen molar-refractivity contribution in [3.8, 4) is 0 Å². The van der Waals surface area contributed by atoms with Crippen LogP contribution in [0.5, 0.6) is 0 Å². The third-order valence-corrected chi connectivity index (χ3v) is 10.4. The SMILES string of the molecule is C/C=C\C/C=C(\CC)C(C)(CCCCSCCCCC(C)(c1ccccc1)C1COC(=O)C1)C1COC(=O)C1. The molecule has 2 aliphatic heterocycles. The Morgan fingerprint density at radius 3 is 2.10 bits per heavy atom. The van der Waals surface area contributed by atoms with Gasteiger partial charge in [-0.2, -0.15) is 11.8 Å². The zero-order chi connectivity index (χ0) is 28.1. The smallest absolute Gasteiger partial charge is 0.306 e. The van der Waals surface area contributed by atoms with Crippen LogP contribution in [0.25, 0.3) is 0 Å². The van der Waals surface area contributed by atoms with Gasteiger partial charge in [0.1, 0.15) is 0 Å². The fourth-order valence-electron chi connectivity index (χ4n) is 6.50. The monoisotopic (exact) mass is 554 g/mol. The number of carbonyl (C=O) groups excluding carboxylic acids is 2. The van der Waals surface area contributed by atoms with Crippen LogP contribution in [0.15, 0.2) is 54.1 Å². The molecule has 0 spiro atoms. The van der Waals surface area contributed by atoms with Gasteiger partial charge >= 0.3 is 11.9 Å². The maximum absolute atomic E-state index is 11.9. The van der Waals surface area contributed by atoms with E-state index in [-0.39, 0.29) is 34.6 Å². The molecule has 0 bridgehead atoms. The highest BCUT2D eigenvalue weighted by atomic mass is 32.2. The lowest BCUT2D eigenvalue weighted by Crippen LogP contribution is -2.32. The molecular formula is C34H50O4S. The quantitative estimate of drug-likeness (QED) is 0.110. The van der Waals surface area contributed by atoms with Crippen molar-refractivity contribution in [2.45, 2.75) is 97.3 Å². The zero-order valence-electron chi connectivity index (χ0n) is 24.7. The van der Waals surface area contributed by atoms with Crippen molar-refractivity contribution in [2.24, 2.45) is 17.3 Å². The van der Waals surface area contributed by atoms with Gasteiger partial charge in [-0.25, -0.2) is 0 Å². The van der Waals surface area contributed by atoms with E-state index in [0.717, 1.165) is 32.1 Å². The van der Waals surface area contributed by atoms with Crippen molar-refractivity contribution in [3.63, 3.8) is 0 Å². The van der Waals surface area contributed by atoms with Crippen LogP contribution in [0.3, 0.4) is 0 Å². The number of thioether (sulfide) groups is 1. The lowest BCUT2D eigenvalue weighted by molar-refractivity contribution is -0.138. The summed E-state index contributed by atoms with van der Waals surface area (Å²) in [5.41, 5.74) is 2.81. The summed E-state index contributed by atoms with van der Waals surface area (Å²) in [4.78, 5) is 23.8. The van der Waals surface area contributed by atoms with Crippen molar-refractivity contribution >= 4 is 23.7 Å². The second-order valence-electron chi connectivity index (χ2n) is 11.8. The number of hydrogen-bond acceptors (Lipinski definition) is 5. The Morgan fingerprint density at radius 2 is 1.54 bits per heavy atom. The Kier molecular flexibility index (Phi) is 12.7. The first-order chi connectivity index (χ1) is 18.8. The number of allylic oxidation sites excluding steroid dienone is 4. The molecule has 3 rings (SSSR count). The van der Waals surface area contributed by atoms with Crippen molar-refractivity contribution < 1.29 is 19.1 Å². The highest BCUT2D eigenvalue weighted by molar-refractivity contribution is 7.99. The van der Waals surface area contributed by atoms with E-state index in [4.69, 9.17) is 9.47 Å². The molecule has 2 saturated heterocycles. The lowest BCUT2D eigenvalue weighted by atomic mass is 9.67. The Balaban J connectivity index is 1.43. The fraction of sp³-hybridized carbons (Fsp3) is 0.647.